The van der Waals surface area contributed by atoms with Crippen molar-refractivity contribution in [3.05, 3.63) is 92.1 Å². The number of hydrogen-bond donors (Lipinski definition) is 0. The Balaban J connectivity index is 1.83. The number of amides is 1. The highest BCUT2D eigenvalue weighted by atomic mass is 35.5. The van der Waals surface area contributed by atoms with Crippen LogP contribution in [0.3, 0.4) is 0 Å². The fourth-order valence-corrected chi connectivity index (χ4v) is 6.27. The predicted octanol–water partition coefficient (Wildman–Crippen LogP) is 5.26. The second-order valence-electron chi connectivity index (χ2n) is 9.03. The maximum atomic E-state index is 15.1. The van der Waals surface area contributed by atoms with Crippen LogP contribution in [0.4, 0.5) is 17.6 Å². The van der Waals surface area contributed by atoms with Gasteiger partial charge >= 0.3 is 12.1 Å². The fraction of sp³-hybridized carbons (Fsp3) is 0.269. The van der Waals surface area contributed by atoms with Gasteiger partial charge in [0.05, 0.1) is 6.04 Å². The van der Waals surface area contributed by atoms with Crippen LogP contribution >= 0.6 is 23.4 Å². The van der Waals surface area contributed by atoms with Gasteiger partial charge in [0.1, 0.15) is 18.5 Å². The molecule has 2 atom stereocenters. The molecule has 13 heteroatoms. The topological polar surface area (TPSA) is 71.8 Å². The molecular weight excluding hydrogens is 562 g/mol. The van der Waals surface area contributed by atoms with Crippen molar-refractivity contribution >= 4 is 35.2 Å². The van der Waals surface area contributed by atoms with E-state index in [4.69, 9.17) is 16.3 Å². The second kappa shape index (κ2) is 9.91. The number of ether oxygens (including phenoxy) is 1. The molecule has 1 aromatic heterocycles. The van der Waals surface area contributed by atoms with E-state index < -0.39 is 59.5 Å². The number of thioether (sulfide) groups is 1. The van der Waals surface area contributed by atoms with Gasteiger partial charge in [-0.2, -0.15) is 13.2 Å². The number of fused-ring (bicyclic) bond motifs is 3. The lowest BCUT2D eigenvalue weighted by molar-refractivity contribution is -0.173. The van der Waals surface area contributed by atoms with Gasteiger partial charge in [0.25, 0.3) is 5.91 Å². The molecule has 1 amide bonds. The first kappa shape index (κ1) is 27.1. The summed E-state index contributed by atoms with van der Waals surface area (Å²) in [6.07, 6.45) is -3.59. The number of esters is 1. The number of benzene rings is 2. The van der Waals surface area contributed by atoms with E-state index in [-0.39, 0.29) is 10.6 Å². The third kappa shape index (κ3) is 4.65. The Labute approximate surface area is 228 Å². The van der Waals surface area contributed by atoms with Crippen molar-refractivity contribution in [3.63, 3.8) is 0 Å². The van der Waals surface area contributed by atoms with E-state index >= 15 is 4.39 Å². The number of rotatable bonds is 3. The molecule has 0 saturated carbocycles. The van der Waals surface area contributed by atoms with Crippen LogP contribution in [-0.4, -0.2) is 40.3 Å². The summed E-state index contributed by atoms with van der Waals surface area (Å²) in [4.78, 5) is 38.8. The Kier molecular flexibility index (Phi) is 6.88. The smallest absolute Gasteiger partial charge is 0.408 e. The van der Waals surface area contributed by atoms with Gasteiger partial charge in [0, 0.05) is 34.9 Å². The molecule has 2 aliphatic heterocycles. The molecule has 204 valence electrons. The molecule has 0 unspecified atom stereocenters. The van der Waals surface area contributed by atoms with Crippen molar-refractivity contribution in [2.45, 2.75) is 42.8 Å². The molecule has 7 nitrogen and oxygen atoms in total. The first-order valence-electron chi connectivity index (χ1n) is 11.7. The van der Waals surface area contributed by atoms with E-state index in [2.05, 4.69) is 0 Å². The molecule has 3 aromatic rings. The van der Waals surface area contributed by atoms with E-state index in [1.54, 1.807) is 24.3 Å². The summed E-state index contributed by atoms with van der Waals surface area (Å²) in [7, 11) is 0. The van der Waals surface area contributed by atoms with E-state index in [1.807, 2.05) is 0 Å². The second-order valence-corrected chi connectivity index (χ2v) is 10.4. The average Bonchev–Trinajstić information content (AvgIpc) is 3.03. The SMILES string of the molecule is CC(=O)Oc1c2n(ccc1=O)N([C@@H]1c3cccc(Cl)c3CSc3c(F)cccc31)CN([C@H](C)C(F)(F)F)C2=O. The summed E-state index contributed by atoms with van der Waals surface area (Å²) in [5.74, 6) is -3.03. The van der Waals surface area contributed by atoms with E-state index in [0.717, 1.165) is 19.9 Å². The van der Waals surface area contributed by atoms with Crippen molar-refractivity contribution in [2.24, 2.45) is 0 Å². The minimum absolute atomic E-state index is 0.268. The Morgan fingerprint density at radius 3 is 2.51 bits per heavy atom. The van der Waals surface area contributed by atoms with Gasteiger partial charge in [-0.25, -0.2) is 4.39 Å². The molecule has 5 rings (SSSR count). The lowest BCUT2D eigenvalue weighted by Crippen LogP contribution is -2.60. The van der Waals surface area contributed by atoms with Gasteiger partial charge in [-0.15, -0.1) is 11.8 Å². The summed E-state index contributed by atoms with van der Waals surface area (Å²) in [6, 6.07) is 7.30. The Morgan fingerprint density at radius 2 is 1.82 bits per heavy atom. The van der Waals surface area contributed by atoms with Crippen LogP contribution in [0.15, 0.2) is 58.4 Å². The summed E-state index contributed by atoms with van der Waals surface area (Å²) in [5.41, 5.74) is 0.219. The van der Waals surface area contributed by atoms with Crippen LogP contribution in [0.25, 0.3) is 0 Å². The number of nitrogens with zero attached hydrogens (tertiary/aromatic N) is 3. The van der Waals surface area contributed by atoms with Gasteiger partial charge in [0.15, 0.2) is 5.69 Å². The third-order valence-corrected chi connectivity index (χ3v) is 8.17. The zero-order chi connectivity index (χ0) is 28.2. The Morgan fingerprint density at radius 1 is 1.13 bits per heavy atom. The number of pyridine rings is 1. The minimum atomic E-state index is -4.81. The molecule has 0 N–H and O–H groups in total. The summed E-state index contributed by atoms with van der Waals surface area (Å²) in [6.45, 7) is 1.23. The van der Waals surface area contributed by atoms with Gasteiger partial charge < -0.3 is 9.64 Å². The molecule has 0 saturated heterocycles. The fourth-order valence-electron chi connectivity index (χ4n) is 4.78. The number of carbonyl (C=O) groups excluding carboxylic acids is 2. The largest absolute Gasteiger partial charge is 0.420 e. The number of hydrogen-bond acceptors (Lipinski definition) is 6. The highest BCUT2D eigenvalue weighted by Crippen LogP contribution is 2.46. The first-order valence-corrected chi connectivity index (χ1v) is 13.0. The zero-order valence-corrected chi connectivity index (χ0v) is 22.0. The average molecular weight is 582 g/mol. The number of alkyl halides is 3. The van der Waals surface area contributed by atoms with Crippen LogP contribution in [0, 0.1) is 5.82 Å². The number of halogens is 5. The van der Waals surface area contributed by atoms with Crippen molar-refractivity contribution in [3.8, 4) is 5.75 Å². The van der Waals surface area contributed by atoms with Crippen LogP contribution in [0.5, 0.6) is 5.75 Å². The van der Waals surface area contributed by atoms with E-state index in [1.165, 1.54) is 39.8 Å². The first-order chi connectivity index (χ1) is 18.4. The maximum Gasteiger partial charge on any atom is 0.408 e. The van der Waals surface area contributed by atoms with Gasteiger partial charge in [-0.3, -0.25) is 24.1 Å². The Hall–Kier alpha value is -3.51. The van der Waals surface area contributed by atoms with E-state index in [9.17, 15) is 27.6 Å². The van der Waals surface area contributed by atoms with Gasteiger partial charge in [-0.1, -0.05) is 35.9 Å². The zero-order valence-electron chi connectivity index (χ0n) is 20.5. The molecule has 0 fully saturated rings. The Bertz CT molecular complexity index is 1510. The lowest BCUT2D eigenvalue weighted by atomic mass is 9.94. The molecule has 2 aromatic carbocycles. The molecule has 2 aliphatic rings. The molecular formula is C26H20ClF4N3O4S. The van der Waals surface area contributed by atoms with Crippen LogP contribution < -0.4 is 15.2 Å². The number of carbonyl (C=O) groups is 2. The van der Waals surface area contributed by atoms with Gasteiger partial charge in [-0.05, 0) is 35.7 Å². The normalized spacial score (nSPS) is 17.6. The lowest BCUT2D eigenvalue weighted by Gasteiger charge is -2.46. The third-order valence-electron chi connectivity index (χ3n) is 6.66. The van der Waals surface area contributed by atoms with Crippen LogP contribution in [0.1, 0.15) is 47.1 Å². The standard InChI is InChI=1S/C26H20ClF4N3O4S/c1-13(26(29,30)31)32-12-34(33-10-9-20(36)23(38-14(2)35)22(33)25(32)37)21-15-5-3-7-18(27)17(15)11-39-24-16(21)6-4-8-19(24)28/h3-10,13,21H,11-12H2,1-2H3/t13-,21-/m1/s1. The molecule has 0 spiro atoms. The summed E-state index contributed by atoms with van der Waals surface area (Å²) in [5, 5.41) is 1.79. The molecule has 0 aliphatic carbocycles. The quantitative estimate of drug-likeness (QED) is 0.310. The monoisotopic (exact) mass is 581 g/mol. The summed E-state index contributed by atoms with van der Waals surface area (Å²) >= 11 is 7.72. The predicted molar refractivity (Wildman–Crippen MR) is 136 cm³/mol. The molecule has 3 heterocycles. The molecule has 39 heavy (non-hydrogen) atoms. The van der Waals surface area contributed by atoms with Crippen molar-refractivity contribution in [1.29, 1.82) is 0 Å². The summed E-state index contributed by atoms with van der Waals surface area (Å²) < 4.78 is 63.2. The highest BCUT2D eigenvalue weighted by Gasteiger charge is 2.48. The number of aromatic nitrogens is 1. The maximum absolute atomic E-state index is 15.1. The van der Waals surface area contributed by atoms with Gasteiger partial charge in [0.2, 0.25) is 11.2 Å². The van der Waals surface area contributed by atoms with Crippen molar-refractivity contribution < 1.29 is 31.9 Å². The highest BCUT2D eigenvalue weighted by molar-refractivity contribution is 7.98. The molecule has 0 radical (unpaired) electrons. The van der Waals surface area contributed by atoms with Crippen molar-refractivity contribution in [1.82, 2.24) is 9.58 Å². The van der Waals surface area contributed by atoms with Crippen molar-refractivity contribution in [2.75, 3.05) is 11.7 Å². The van der Waals surface area contributed by atoms with Crippen LogP contribution in [-0.2, 0) is 10.5 Å². The molecule has 0 bridgehead atoms. The minimum Gasteiger partial charge on any atom is -0.420 e. The van der Waals surface area contributed by atoms with Crippen LogP contribution in [0.2, 0.25) is 5.02 Å². The van der Waals surface area contributed by atoms with E-state index in [0.29, 0.717) is 26.6 Å².